The van der Waals surface area contributed by atoms with Gasteiger partial charge in [-0.25, -0.2) is 9.97 Å². The highest BCUT2D eigenvalue weighted by molar-refractivity contribution is 5.90. The van der Waals surface area contributed by atoms with Crippen LogP contribution in [0.25, 0.3) is 22.3 Å². The molecular formula is C22H27N3O. The van der Waals surface area contributed by atoms with Crippen molar-refractivity contribution in [1.29, 1.82) is 0 Å². The van der Waals surface area contributed by atoms with Crippen LogP contribution in [0, 0.1) is 0 Å². The lowest BCUT2D eigenvalue weighted by Gasteiger charge is -2.19. The number of para-hydroxylation sites is 1. The number of fused-ring (bicyclic) bond motifs is 1. The smallest absolute Gasteiger partial charge is 0.162 e. The van der Waals surface area contributed by atoms with Crippen LogP contribution < -0.4 is 5.32 Å². The summed E-state index contributed by atoms with van der Waals surface area (Å²) in [5.74, 6) is 1.63. The number of nitrogens with one attached hydrogen (secondary N) is 1. The van der Waals surface area contributed by atoms with Crippen LogP contribution in [-0.4, -0.2) is 30.2 Å². The van der Waals surface area contributed by atoms with Crippen molar-refractivity contribution >= 4 is 16.7 Å². The molecule has 0 spiro atoms. The zero-order chi connectivity index (χ0) is 18.6. The summed E-state index contributed by atoms with van der Waals surface area (Å²) < 4.78 is 5.13. The second-order valence-corrected chi connectivity index (χ2v) is 7.51. The Kier molecular flexibility index (Phi) is 5.52. The van der Waals surface area contributed by atoms with Crippen molar-refractivity contribution in [3.8, 4) is 11.4 Å². The predicted octanol–water partition coefficient (Wildman–Crippen LogP) is 5.04. The lowest BCUT2D eigenvalue weighted by atomic mass is 9.87. The molecule has 0 aliphatic rings. The first-order chi connectivity index (χ1) is 12.5. The lowest BCUT2D eigenvalue weighted by molar-refractivity contribution is 0.198. The molecule has 0 unspecified atom stereocenters. The molecule has 0 atom stereocenters. The van der Waals surface area contributed by atoms with Gasteiger partial charge < -0.3 is 10.1 Å². The molecule has 1 heterocycles. The number of rotatable bonds is 6. The quantitative estimate of drug-likeness (QED) is 0.633. The van der Waals surface area contributed by atoms with Crippen LogP contribution in [0.4, 0.5) is 5.82 Å². The molecule has 3 aromatic rings. The Balaban J connectivity index is 1.95. The fourth-order valence-electron chi connectivity index (χ4n) is 2.88. The molecule has 3 rings (SSSR count). The maximum absolute atomic E-state index is 5.13. The van der Waals surface area contributed by atoms with Crippen molar-refractivity contribution in [1.82, 2.24) is 9.97 Å². The Morgan fingerprint density at radius 3 is 2.38 bits per heavy atom. The zero-order valence-corrected chi connectivity index (χ0v) is 16.0. The highest BCUT2D eigenvalue weighted by Gasteiger charge is 2.14. The lowest BCUT2D eigenvalue weighted by Crippen LogP contribution is -2.10. The van der Waals surface area contributed by atoms with E-state index in [1.807, 2.05) is 18.2 Å². The monoisotopic (exact) mass is 349 g/mol. The van der Waals surface area contributed by atoms with Gasteiger partial charge >= 0.3 is 0 Å². The van der Waals surface area contributed by atoms with Crippen molar-refractivity contribution in [2.24, 2.45) is 0 Å². The van der Waals surface area contributed by atoms with Gasteiger partial charge in [-0.3, -0.25) is 0 Å². The van der Waals surface area contributed by atoms with Gasteiger partial charge in [-0.1, -0.05) is 57.2 Å². The summed E-state index contributed by atoms with van der Waals surface area (Å²) in [7, 11) is 1.72. The van der Waals surface area contributed by atoms with Crippen molar-refractivity contribution in [3.05, 3.63) is 54.1 Å². The SMILES string of the molecule is COCCCNc1nc(-c2ccc(C(C)(C)C)cc2)nc2ccccc12. The van der Waals surface area contributed by atoms with Gasteiger partial charge in [-0.15, -0.1) is 0 Å². The van der Waals surface area contributed by atoms with Crippen molar-refractivity contribution < 1.29 is 4.74 Å². The largest absolute Gasteiger partial charge is 0.385 e. The summed E-state index contributed by atoms with van der Waals surface area (Å²) in [6.45, 7) is 8.21. The third-order valence-electron chi connectivity index (χ3n) is 4.43. The molecule has 1 N–H and O–H groups in total. The fraction of sp³-hybridized carbons (Fsp3) is 0.364. The maximum Gasteiger partial charge on any atom is 0.162 e. The van der Waals surface area contributed by atoms with Crippen LogP contribution in [-0.2, 0) is 10.2 Å². The van der Waals surface area contributed by atoms with Gasteiger partial charge in [0, 0.05) is 31.2 Å². The first-order valence-electron chi connectivity index (χ1n) is 9.09. The molecular weight excluding hydrogens is 322 g/mol. The highest BCUT2D eigenvalue weighted by Crippen LogP contribution is 2.27. The normalized spacial score (nSPS) is 11.7. The minimum Gasteiger partial charge on any atom is -0.385 e. The summed E-state index contributed by atoms with van der Waals surface area (Å²) >= 11 is 0. The summed E-state index contributed by atoms with van der Waals surface area (Å²) in [5, 5.41) is 4.48. The molecule has 0 saturated heterocycles. The molecule has 1 aromatic heterocycles. The Bertz CT molecular complexity index is 867. The molecule has 0 saturated carbocycles. The molecule has 0 bridgehead atoms. The summed E-state index contributed by atoms with van der Waals surface area (Å²) in [6, 6.07) is 16.7. The average Bonchev–Trinajstić information content (AvgIpc) is 2.64. The minimum absolute atomic E-state index is 0.136. The molecule has 0 aliphatic carbocycles. The first-order valence-corrected chi connectivity index (χ1v) is 9.09. The van der Waals surface area contributed by atoms with Crippen LogP contribution in [0.2, 0.25) is 0 Å². The molecule has 136 valence electrons. The molecule has 4 heteroatoms. The molecule has 0 radical (unpaired) electrons. The van der Waals surface area contributed by atoms with Gasteiger partial charge in [-0.05, 0) is 29.5 Å². The second-order valence-electron chi connectivity index (χ2n) is 7.51. The van der Waals surface area contributed by atoms with Crippen LogP contribution in [0.1, 0.15) is 32.8 Å². The molecule has 2 aromatic carbocycles. The summed E-state index contributed by atoms with van der Waals surface area (Å²) in [5.41, 5.74) is 3.42. The van der Waals surface area contributed by atoms with E-state index < -0.39 is 0 Å². The van der Waals surface area contributed by atoms with Crippen molar-refractivity contribution in [2.45, 2.75) is 32.6 Å². The molecule has 0 amide bonds. The number of aromatic nitrogens is 2. The molecule has 4 nitrogen and oxygen atoms in total. The minimum atomic E-state index is 0.136. The number of hydrogen-bond acceptors (Lipinski definition) is 4. The molecule has 0 fully saturated rings. The zero-order valence-electron chi connectivity index (χ0n) is 16.0. The number of hydrogen-bond donors (Lipinski definition) is 1. The van der Waals surface area contributed by atoms with E-state index in [0.29, 0.717) is 0 Å². The summed E-state index contributed by atoms with van der Waals surface area (Å²) in [6.07, 6.45) is 0.935. The van der Waals surface area contributed by atoms with Crippen molar-refractivity contribution in [3.63, 3.8) is 0 Å². The van der Waals surface area contributed by atoms with E-state index in [9.17, 15) is 0 Å². The molecule has 26 heavy (non-hydrogen) atoms. The number of benzene rings is 2. The van der Waals surface area contributed by atoms with Crippen LogP contribution in [0.3, 0.4) is 0 Å². The maximum atomic E-state index is 5.13. The number of methoxy groups -OCH3 is 1. The van der Waals surface area contributed by atoms with E-state index in [-0.39, 0.29) is 5.41 Å². The molecule has 0 aliphatic heterocycles. The van der Waals surface area contributed by atoms with E-state index in [2.05, 4.69) is 56.4 Å². The van der Waals surface area contributed by atoms with Crippen LogP contribution in [0.15, 0.2) is 48.5 Å². The van der Waals surface area contributed by atoms with Gasteiger partial charge in [0.15, 0.2) is 5.82 Å². The van der Waals surface area contributed by atoms with E-state index in [4.69, 9.17) is 14.7 Å². The Hall–Kier alpha value is -2.46. The van der Waals surface area contributed by atoms with E-state index >= 15 is 0 Å². The van der Waals surface area contributed by atoms with Gasteiger partial charge in [-0.2, -0.15) is 0 Å². The van der Waals surface area contributed by atoms with Crippen LogP contribution >= 0.6 is 0 Å². The standard InChI is InChI=1S/C22H27N3O/c1-22(2,3)17-12-10-16(11-13-17)20-24-19-9-6-5-8-18(19)21(25-20)23-14-7-15-26-4/h5-6,8-13H,7,14-15H2,1-4H3,(H,23,24,25). The summed E-state index contributed by atoms with van der Waals surface area (Å²) in [4.78, 5) is 9.56. The Morgan fingerprint density at radius 2 is 1.69 bits per heavy atom. The van der Waals surface area contributed by atoms with Gasteiger partial charge in [0.2, 0.25) is 0 Å². The number of nitrogens with zero attached hydrogens (tertiary/aromatic N) is 2. The number of anilines is 1. The van der Waals surface area contributed by atoms with Crippen LogP contribution in [0.5, 0.6) is 0 Å². The van der Waals surface area contributed by atoms with Gasteiger partial charge in [0.25, 0.3) is 0 Å². The third kappa shape index (κ3) is 4.20. The van der Waals surface area contributed by atoms with Gasteiger partial charge in [0.05, 0.1) is 5.52 Å². The first kappa shape index (κ1) is 18.3. The Morgan fingerprint density at radius 1 is 0.962 bits per heavy atom. The van der Waals surface area contributed by atoms with E-state index in [1.54, 1.807) is 7.11 Å². The van der Waals surface area contributed by atoms with Gasteiger partial charge in [0.1, 0.15) is 5.82 Å². The second kappa shape index (κ2) is 7.83. The predicted molar refractivity (Wildman–Crippen MR) is 109 cm³/mol. The number of ether oxygens (including phenoxy) is 1. The fourth-order valence-corrected chi connectivity index (χ4v) is 2.88. The Labute approximate surface area is 155 Å². The topological polar surface area (TPSA) is 47.0 Å². The highest BCUT2D eigenvalue weighted by atomic mass is 16.5. The average molecular weight is 349 g/mol. The van der Waals surface area contributed by atoms with E-state index in [0.717, 1.165) is 47.7 Å². The van der Waals surface area contributed by atoms with E-state index in [1.165, 1.54) is 5.56 Å². The van der Waals surface area contributed by atoms with Crippen molar-refractivity contribution in [2.75, 3.05) is 25.6 Å². The third-order valence-corrected chi connectivity index (χ3v) is 4.43.